The first-order valence-electron chi connectivity index (χ1n) is 5.70. The van der Waals surface area contributed by atoms with Crippen LogP contribution < -0.4 is 16.6 Å². The molecule has 0 fully saturated rings. The van der Waals surface area contributed by atoms with Gasteiger partial charge in [0.05, 0.1) is 7.11 Å². The van der Waals surface area contributed by atoms with Crippen molar-refractivity contribution in [3.63, 3.8) is 0 Å². The number of esters is 1. The fourth-order valence-corrected chi connectivity index (χ4v) is 1.51. The van der Waals surface area contributed by atoms with Crippen LogP contribution in [0, 0.1) is 5.92 Å². The second kappa shape index (κ2) is 6.75. The van der Waals surface area contributed by atoms with Gasteiger partial charge >= 0.3 is 5.97 Å². The van der Waals surface area contributed by atoms with Gasteiger partial charge in [-0.05, 0) is 18.4 Å². The number of hydrazine groups is 1. The van der Waals surface area contributed by atoms with E-state index in [0.29, 0.717) is 18.2 Å². The summed E-state index contributed by atoms with van der Waals surface area (Å²) >= 11 is 0. The van der Waals surface area contributed by atoms with Crippen molar-refractivity contribution in [3.8, 4) is 0 Å². The number of aromatic nitrogens is 2. The fourth-order valence-electron chi connectivity index (χ4n) is 1.51. The van der Waals surface area contributed by atoms with Gasteiger partial charge < -0.3 is 10.1 Å². The highest BCUT2D eigenvalue weighted by atomic mass is 16.5. The molecule has 0 aliphatic heterocycles. The van der Waals surface area contributed by atoms with Crippen LogP contribution in [0.4, 0.5) is 11.8 Å². The van der Waals surface area contributed by atoms with Gasteiger partial charge in [0.2, 0.25) is 5.95 Å². The first-order valence-corrected chi connectivity index (χ1v) is 5.70. The Kier molecular flexibility index (Phi) is 5.31. The molecule has 1 atom stereocenters. The predicted molar refractivity (Wildman–Crippen MR) is 68.7 cm³/mol. The zero-order valence-electron chi connectivity index (χ0n) is 10.8. The van der Waals surface area contributed by atoms with Gasteiger partial charge in [0.25, 0.3) is 0 Å². The highest BCUT2D eigenvalue weighted by molar-refractivity contribution is 5.78. The van der Waals surface area contributed by atoms with Gasteiger partial charge in [0.1, 0.15) is 11.9 Å². The van der Waals surface area contributed by atoms with Gasteiger partial charge in [-0.1, -0.05) is 13.8 Å². The number of methoxy groups -OCH3 is 1. The normalized spacial score (nSPS) is 12.1. The van der Waals surface area contributed by atoms with Crippen LogP contribution in [0.2, 0.25) is 0 Å². The Morgan fingerprint density at radius 3 is 2.83 bits per heavy atom. The quantitative estimate of drug-likeness (QED) is 0.391. The van der Waals surface area contributed by atoms with Crippen LogP contribution in [-0.2, 0) is 9.53 Å². The van der Waals surface area contributed by atoms with E-state index >= 15 is 0 Å². The second-order valence-corrected chi connectivity index (χ2v) is 4.26. The third-order valence-electron chi connectivity index (χ3n) is 2.30. The minimum Gasteiger partial charge on any atom is -0.467 e. The summed E-state index contributed by atoms with van der Waals surface area (Å²) in [5, 5.41) is 3.01. The number of nitrogen functional groups attached to an aromatic ring is 1. The molecule has 0 amide bonds. The van der Waals surface area contributed by atoms with Crippen LogP contribution in [-0.4, -0.2) is 29.1 Å². The van der Waals surface area contributed by atoms with Gasteiger partial charge in [-0.3, -0.25) is 5.43 Å². The molecule has 0 radical (unpaired) electrons. The molecule has 4 N–H and O–H groups in total. The summed E-state index contributed by atoms with van der Waals surface area (Å²) in [5.41, 5.74) is 2.35. The van der Waals surface area contributed by atoms with Crippen molar-refractivity contribution in [2.45, 2.75) is 26.3 Å². The molecular weight excluding hydrogens is 234 g/mol. The third kappa shape index (κ3) is 4.17. The number of carbonyl (C=O) groups is 1. The van der Waals surface area contributed by atoms with Gasteiger partial charge in [-0.25, -0.2) is 15.6 Å². The second-order valence-electron chi connectivity index (χ2n) is 4.26. The molecule has 7 heteroatoms. The van der Waals surface area contributed by atoms with Crippen molar-refractivity contribution in [2.75, 3.05) is 17.9 Å². The van der Waals surface area contributed by atoms with Crippen molar-refractivity contribution in [2.24, 2.45) is 11.8 Å². The molecule has 0 saturated carbocycles. The molecule has 18 heavy (non-hydrogen) atoms. The first-order chi connectivity index (χ1) is 8.56. The van der Waals surface area contributed by atoms with Crippen LogP contribution in [0.5, 0.6) is 0 Å². The van der Waals surface area contributed by atoms with Crippen LogP contribution in [0.1, 0.15) is 20.3 Å². The molecule has 0 aliphatic carbocycles. The molecule has 0 aliphatic rings. The molecule has 1 unspecified atom stereocenters. The Morgan fingerprint density at radius 1 is 1.56 bits per heavy atom. The van der Waals surface area contributed by atoms with Crippen LogP contribution in [0.3, 0.4) is 0 Å². The summed E-state index contributed by atoms with van der Waals surface area (Å²) < 4.78 is 4.76. The Labute approximate surface area is 106 Å². The highest BCUT2D eigenvalue weighted by Crippen LogP contribution is 2.13. The lowest BCUT2D eigenvalue weighted by Gasteiger charge is -2.18. The van der Waals surface area contributed by atoms with Crippen LogP contribution in [0.15, 0.2) is 12.3 Å². The number of hydrogen-bond acceptors (Lipinski definition) is 7. The van der Waals surface area contributed by atoms with Gasteiger partial charge in [-0.2, -0.15) is 4.98 Å². The predicted octanol–water partition coefficient (Wildman–Crippen LogP) is 0.762. The molecule has 1 rings (SSSR count). The maximum atomic E-state index is 11.6. The van der Waals surface area contributed by atoms with Gasteiger partial charge in [-0.15, -0.1) is 0 Å². The Bertz CT molecular complexity index is 397. The molecule has 1 aromatic rings. The molecular formula is C11H19N5O2. The Balaban J connectivity index is 2.78. The van der Waals surface area contributed by atoms with E-state index in [2.05, 4.69) is 20.7 Å². The van der Waals surface area contributed by atoms with E-state index in [1.54, 1.807) is 12.3 Å². The summed E-state index contributed by atoms with van der Waals surface area (Å²) in [5.74, 6) is 6.07. The van der Waals surface area contributed by atoms with E-state index in [0.717, 1.165) is 0 Å². The first kappa shape index (κ1) is 14.2. The zero-order chi connectivity index (χ0) is 13.5. The molecule has 0 aromatic carbocycles. The van der Waals surface area contributed by atoms with Gasteiger partial charge in [0, 0.05) is 6.20 Å². The molecule has 100 valence electrons. The Morgan fingerprint density at radius 2 is 2.28 bits per heavy atom. The summed E-state index contributed by atoms with van der Waals surface area (Å²) in [6, 6.07) is 1.23. The van der Waals surface area contributed by atoms with Crippen LogP contribution in [0.25, 0.3) is 0 Å². The Hall–Kier alpha value is -1.89. The molecule has 1 heterocycles. The fraction of sp³-hybridized carbons (Fsp3) is 0.545. The maximum absolute atomic E-state index is 11.6. The number of anilines is 2. The molecule has 7 nitrogen and oxygen atoms in total. The smallest absolute Gasteiger partial charge is 0.328 e. The standard InChI is InChI=1S/C11H19N5O2/c1-7(2)6-8(10(17)18-3)14-9-4-5-13-11(15-9)16-12/h4-5,7-8H,6,12H2,1-3H3,(H2,13,14,15,16). The summed E-state index contributed by atoms with van der Waals surface area (Å²) in [4.78, 5) is 19.6. The topological polar surface area (TPSA) is 102 Å². The monoisotopic (exact) mass is 253 g/mol. The third-order valence-corrected chi connectivity index (χ3v) is 2.30. The largest absolute Gasteiger partial charge is 0.467 e. The average Bonchev–Trinajstić information content (AvgIpc) is 2.36. The van der Waals surface area contributed by atoms with E-state index in [1.807, 2.05) is 13.8 Å². The van der Waals surface area contributed by atoms with E-state index in [4.69, 9.17) is 10.6 Å². The van der Waals surface area contributed by atoms with Crippen molar-refractivity contribution in [1.82, 2.24) is 9.97 Å². The number of ether oxygens (including phenoxy) is 1. The molecule has 0 spiro atoms. The molecule has 0 saturated heterocycles. The maximum Gasteiger partial charge on any atom is 0.328 e. The van der Waals surface area contributed by atoms with E-state index in [9.17, 15) is 4.79 Å². The number of rotatable bonds is 6. The number of hydrogen-bond donors (Lipinski definition) is 3. The summed E-state index contributed by atoms with van der Waals surface area (Å²) in [6.45, 7) is 4.06. The minimum absolute atomic E-state index is 0.285. The van der Waals surface area contributed by atoms with Crippen LogP contribution >= 0.6 is 0 Å². The average molecular weight is 253 g/mol. The summed E-state index contributed by atoms with van der Waals surface area (Å²) in [7, 11) is 1.37. The molecule has 0 bridgehead atoms. The van der Waals surface area contributed by atoms with E-state index in [1.165, 1.54) is 7.11 Å². The lowest BCUT2D eigenvalue weighted by Crippen LogP contribution is -2.32. The van der Waals surface area contributed by atoms with Crippen molar-refractivity contribution < 1.29 is 9.53 Å². The van der Waals surface area contributed by atoms with Gasteiger partial charge in [0.15, 0.2) is 0 Å². The van der Waals surface area contributed by atoms with Crippen molar-refractivity contribution in [1.29, 1.82) is 0 Å². The van der Waals surface area contributed by atoms with E-state index in [-0.39, 0.29) is 11.9 Å². The lowest BCUT2D eigenvalue weighted by atomic mass is 10.0. The van der Waals surface area contributed by atoms with Crippen molar-refractivity contribution in [3.05, 3.63) is 12.3 Å². The number of carbonyl (C=O) groups excluding carboxylic acids is 1. The lowest BCUT2D eigenvalue weighted by molar-refractivity contribution is -0.141. The number of nitrogens with zero attached hydrogens (tertiary/aromatic N) is 2. The minimum atomic E-state index is -0.435. The molecule has 1 aromatic heterocycles. The van der Waals surface area contributed by atoms with E-state index < -0.39 is 6.04 Å². The zero-order valence-corrected chi connectivity index (χ0v) is 10.8. The highest BCUT2D eigenvalue weighted by Gasteiger charge is 2.20. The SMILES string of the molecule is COC(=O)C(CC(C)C)Nc1ccnc(NN)n1. The number of nitrogens with one attached hydrogen (secondary N) is 2. The summed E-state index contributed by atoms with van der Waals surface area (Å²) in [6.07, 6.45) is 2.20. The van der Waals surface area contributed by atoms with Crippen molar-refractivity contribution >= 4 is 17.7 Å². The number of nitrogens with two attached hydrogens (primary N) is 1.